The van der Waals surface area contributed by atoms with Gasteiger partial charge in [0.25, 0.3) is 0 Å². The van der Waals surface area contributed by atoms with E-state index in [4.69, 9.17) is 0 Å². The lowest BCUT2D eigenvalue weighted by atomic mass is 9.92. The molecule has 1 fully saturated rings. The van der Waals surface area contributed by atoms with Gasteiger partial charge in [0, 0.05) is 19.0 Å². The molecule has 0 bridgehead atoms. The molecule has 3 heteroatoms. The van der Waals surface area contributed by atoms with Crippen LogP contribution < -0.4 is 0 Å². The fourth-order valence-electron chi connectivity index (χ4n) is 1.59. The number of nitrogens with zero attached hydrogens (tertiary/aromatic N) is 1. The first-order chi connectivity index (χ1) is 5.83. The molecule has 0 saturated carbocycles. The summed E-state index contributed by atoms with van der Waals surface area (Å²) in [6.45, 7) is 10.5. The lowest BCUT2D eigenvalue weighted by molar-refractivity contribution is -0.161. The van der Waals surface area contributed by atoms with Gasteiger partial charge in [-0.25, -0.2) is 0 Å². The Hall–Kier alpha value is -0.380. The van der Waals surface area contributed by atoms with Crippen LogP contribution in [0.5, 0.6) is 0 Å². The van der Waals surface area contributed by atoms with Gasteiger partial charge in [0.2, 0.25) is 0 Å². The molecule has 3 nitrogen and oxygen atoms in total. The molecule has 0 aromatic carbocycles. The minimum Gasteiger partial charge on any atom is -0.387 e. The van der Waals surface area contributed by atoms with Crippen molar-refractivity contribution in [1.82, 2.24) is 4.90 Å². The van der Waals surface area contributed by atoms with Gasteiger partial charge in [-0.2, -0.15) is 0 Å². The van der Waals surface area contributed by atoms with Gasteiger partial charge in [-0.3, -0.25) is 4.90 Å². The van der Waals surface area contributed by atoms with E-state index in [1.165, 1.54) is 0 Å². The summed E-state index contributed by atoms with van der Waals surface area (Å²) >= 11 is 0. The summed E-state index contributed by atoms with van der Waals surface area (Å²) in [6, 6.07) is 0. The van der Waals surface area contributed by atoms with E-state index in [1.54, 1.807) is 6.92 Å². The minimum absolute atomic E-state index is 0.0658. The van der Waals surface area contributed by atoms with Crippen molar-refractivity contribution >= 4 is 0 Å². The van der Waals surface area contributed by atoms with Crippen LogP contribution in [0.2, 0.25) is 0 Å². The number of β-amino-alcohol motifs (C(OH)–C–C–N with tert-alkyl or cyclic N) is 1. The van der Waals surface area contributed by atoms with E-state index in [0.717, 1.165) is 5.57 Å². The van der Waals surface area contributed by atoms with Gasteiger partial charge in [0.1, 0.15) is 6.23 Å². The van der Waals surface area contributed by atoms with E-state index < -0.39 is 11.8 Å². The summed E-state index contributed by atoms with van der Waals surface area (Å²) < 4.78 is 0. The van der Waals surface area contributed by atoms with Gasteiger partial charge in [0.05, 0.1) is 5.60 Å². The molecular weight excluding hydrogens is 166 g/mol. The minimum atomic E-state index is -0.615. The van der Waals surface area contributed by atoms with Gasteiger partial charge in [-0.15, -0.1) is 0 Å². The molecule has 76 valence electrons. The Morgan fingerprint density at radius 3 is 2.31 bits per heavy atom. The summed E-state index contributed by atoms with van der Waals surface area (Å²) in [4.78, 5) is 1.86. The van der Waals surface area contributed by atoms with Gasteiger partial charge >= 0.3 is 0 Å². The van der Waals surface area contributed by atoms with E-state index >= 15 is 0 Å². The third-order valence-electron chi connectivity index (χ3n) is 2.69. The Balaban J connectivity index is 2.43. The smallest absolute Gasteiger partial charge is 0.113 e. The Morgan fingerprint density at radius 2 is 2.00 bits per heavy atom. The monoisotopic (exact) mass is 185 g/mol. The molecule has 0 aromatic heterocycles. The zero-order valence-corrected chi connectivity index (χ0v) is 8.62. The third kappa shape index (κ3) is 2.30. The zero-order valence-electron chi connectivity index (χ0n) is 8.62. The maximum atomic E-state index is 9.79. The Labute approximate surface area is 79.7 Å². The van der Waals surface area contributed by atoms with Gasteiger partial charge < -0.3 is 10.2 Å². The van der Waals surface area contributed by atoms with E-state index in [0.29, 0.717) is 13.1 Å². The van der Waals surface area contributed by atoms with E-state index in [2.05, 4.69) is 6.58 Å². The molecule has 0 aliphatic carbocycles. The number of likely N-dealkylation sites (tertiary alicyclic amines) is 1. The molecule has 1 saturated heterocycles. The molecular formula is C10H19NO2. The molecule has 0 unspecified atom stereocenters. The predicted molar refractivity (Wildman–Crippen MR) is 52.2 cm³/mol. The maximum Gasteiger partial charge on any atom is 0.113 e. The van der Waals surface area contributed by atoms with Crippen molar-refractivity contribution in [3.05, 3.63) is 12.2 Å². The fraction of sp³-hybridized carbons (Fsp3) is 0.800. The molecule has 0 amide bonds. The van der Waals surface area contributed by atoms with Crippen molar-refractivity contribution in [3.8, 4) is 0 Å². The highest BCUT2D eigenvalue weighted by molar-refractivity contribution is 5.01. The van der Waals surface area contributed by atoms with Crippen molar-refractivity contribution in [2.24, 2.45) is 5.92 Å². The van der Waals surface area contributed by atoms with Crippen LogP contribution in [0.1, 0.15) is 20.8 Å². The first kappa shape index (κ1) is 10.7. The Bertz CT molecular complexity index is 205. The van der Waals surface area contributed by atoms with Crippen molar-refractivity contribution in [3.63, 3.8) is 0 Å². The Morgan fingerprint density at radius 1 is 1.54 bits per heavy atom. The third-order valence-corrected chi connectivity index (χ3v) is 2.69. The van der Waals surface area contributed by atoms with E-state index in [9.17, 15) is 10.2 Å². The molecule has 2 atom stereocenters. The van der Waals surface area contributed by atoms with Crippen LogP contribution in [-0.4, -0.2) is 40.0 Å². The second-order valence-corrected chi connectivity index (χ2v) is 4.45. The van der Waals surface area contributed by atoms with Crippen LogP contribution >= 0.6 is 0 Å². The summed E-state index contributed by atoms with van der Waals surface area (Å²) in [6.07, 6.45) is -0.502. The summed E-state index contributed by atoms with van der Waals surface area (Å²) in [7, 11) is 0. The van der Waals surface area contributed by atoms with Crippen molar-refractivity contribution in [2.45, 2.75) is 32.6 Å². The van der Waals surface area contributed by atoms with Gasteiger partial charge in [-0.1, -0.05) is 19.1 Å². The molecule has 2 N–H and O–H groups in total. The van der Waals surface area contributed by atoms with Crippen LogP contribution in [-0.2, 0) is 0 Å². The predicted octanol–water partition coefficient (Wildman–Crippen LogP) is 0.584. The van der Waals surface area contributed by atoms with Crippen molar-refractivity contribution < 1.29 is 10.2 Å². The van der Waals surface area contributed by atoms with Crippen molar-refractivity contribution in [2.75, 3.05) is 13.1 Å². The quantitative estimate of drug-likeness (QED) is 0.632. The Kier molecular flexibility index (Phi) is 2.80. The summed E-state index contributed by atoms with van der Waals surface area (Å²) in [5.41, 5.74) is 0.356. The summed E-state index contributed by atoms with van der Waals surface area (Å²) in [5.74, 6) is 0.0658. The molecule has 1 rings (SSSR count). The molecule has 1 heterocycles. The molecule has 0 spiro atoms. The van der Waals surface area contributed by atoms with Gasteiger partial charge in [0.15, 0.2) is 0 Å². The SMILES string of the molecule is C=C(C)[C@@H](C)[C@H](O)N1CC(C)(O)C1. The number of aliphatic hydroxyl groups excluding tert-OH is 1. The van der Waals surface area contributed by atoms with E-state index in [1.807, 2.05) is 18.7 Å². The maximum absolute atomic E-state index is 9.79. The average Bonchev–Trinajstić information content (AvgIpc) is 1.97. The number of aliphatic hydroxyl groups is 2. The van der Waals surface area contributed by atoms with Crippen LogP contribution in [0.25, 0.3) is 0 Å². The number of rotatable bonds is 3. The second kappa shape index (κ2) is 3.40. The lowest BCUT2D eigenvalue weighted by Gasteiger charge is -2.48. The highest BCUT2D eigenvalue weighted by Gasteiger charge is 2.41. The zero-order chi connectivity index (χ0) is 10.2. The topological polar surface area (TPSA) is 43.7 Å². The first-order valence-electron chi connectivity index (χ1n) is 4.63. The summed E-state index contributed by atoms with van der Waals surface area (Å²) in [5, 5.41) is 19.3. The normalized spacial score (nSPS) is 26.2. The highest BCUT2D eigenvalue weighted by atomic mass is 16.3. The van der Waals surface area contributed by atoms with Crippen molar-refractivity contribution in [1.29, 1.82) is 0 Å². The van der Waals surface area contributed by atoms with Gasteiger partial charge in [-0.05, 0) is 13.8 Å². The van der Waals surface area contributed by atoms with Crippen LogP contribution in [0.4, 0.5) is 0 Å². The fourth-order valence-corrected chi connectivity index (χ4v) is 1.59. The van der Waals surface area contributed by atoms with Crippen LogP contribution in [0, 0.1) is 5.92 Å². The molecule has 1 aliphatic rings. The number of hydrogen-bond donors (Lipinski definition) is 2. The highest BCUT2D eigenvalue weighted by Crippen LogP contribution is 2.26. The second-order valence-electron chi connectivity index (χ2n) is 4.45. The molecule has 0 radical (unpaired) electrons. The molecule has 0 aromatic rings. The first-order valence-corrected chi connectivity index (χ1v) is 4.63. The molecule has 1 aliphatic heterocycles. The standard InChI is InChI=1S/C10H19NO2/c1-7(2)8(3)9(12)11-5-10(4,13)6-11/h8-9,12-13H,1,5-6H2,2-4H3/t8-,9+/m1/s1. The van der Waals surface area contributed by atoms with Crippen LogP contribution in [0.3, 0.4) is 0 Å². The largest absolute Gasteiger partial charge is 0.387 e. The van der Waals surface area contributed by atoms with Crippen LogP contribution in [0.15, 0.2) is 12.2 Å². The number of hydrogen-bond acceptors (Lipinski definition) is 3. The average molecular weight is 185 g/mol. The lowest BCUT2D eigenvalue weighted by Crippen LogP contribution is -2.64. The molecule has 13 heavy (non-hydrogen) atoms. The van der Waals surface area contributed by atoms with E-state index in [-0.39, 0.29) is 5.92 Å².